The third-order valence-corrected chi connectivity index (χ3v) is 3.44. The molecule has 2 saturated heterocycles. The summed E-state index contributed by atoms with van der Waals surface area (Å²) >= 11 is 0. The molecule has 2 fully saturated rings. The Morgan fingerprint density at radius 2 is 2.35 bits per heavy atom. The van der Waals surface area contributed by atoms with Gasteiger partial charge in [-0.2, -0.15) is 0 Å². The molecule has 6 nitrogen and oxygen atoms in total. The Morgan fingerprint density at radius 1 is 1.59 bits per heavy atom. The molecule has 0 aromatic heterocycles. The molecule has 0 aromatic rings. The van der Waals surface area contributed by atoms with E-state index in [1.165, 1.54) is 0 Å². The Hall–Kier alpha value is -1.30. The second-order valence-corrected chi connectivity index (χ2v) is 4.46. The molecule has 2 aliphatic rings. The maximum absolute atomic E-state index is 11.6. The quantitative estimate of drug-likeness (QED) is 0.686. The summed E-state index contributed by atoms with van der Waals surface area (Å²) in [5.41, 5.74) is 0. The molecule has 0 bridgehead atoms. The fourth-order valence-electron chi connectivity index (χ4n) is 2.39. The summed E-state index contributed by atoms with van der Waals surface area (Å²) in [5, 5.41) is 2.82. The van der Waals surface area contributed by atoms with Crippen LogP contribution in [-0.4, -0.2) is 66.7 Å². The van der Waals surface area contributed by atoms with E-state index in [0.29, 0.717) is 19.7 Å². The third-order valence-electron chi connectivity index (χ3n) is 3.44. The zero-order chi connectivity index (χ0) is 12.4. The summed E-state index contributed by atoms with van der Waals surface area (Å²) < 4.78 is 5.01. The number of ether oxygens (including phenoxy) is 1. The SMILES string of the molecule is CCOC(=O)C(C)N1CCN2C(=O)NCC2C1. The van der Waals surface area contributed by atoms with E-state index in [1.54, 1.807) is 0 Å². The van der Waals surface area contributed by atoms with Crippen LogP contribution in [0.15, 0.2) is 0 Å². The predicted octanol–water partition coefficient (Wildman–Crippen LogP) is -0.353. The van der Waals surface area contributed by atoms with E-state index in [0.717, 1.165) is 13.1 Å². The van der Waals surface area contributed by atoms with Crippen LogP contribution in [0.4, 0.5) is 4.79 Å². The van der Waals surface area contributed by atoms with Crippen molar-refractivity contribution in [2.24, 2.45) is 0 Å². The lowest BCUT2D eigenvalue weighted by atomic mass is 10.1. The Kier molecular flexibility index (Phi) is 3.51. The molecular weight excluding hydrogens is 222 g/mol. The van der Waals surface area contributed by atoms with Crippen LogP contribution in [-0.2, 0) is 9.53 Å². The monoisotopic (exact) mass is 241 g/mol. The molecule has 17 heavy (non-hydrogen) atoms. The van der Waals surface area contributed by atoms with E-state index in [1.807, 2.05) is 18.7 Å². The summed E-state index contributed by atoms with van der Waals surface area (Å²) in [6, 6.07) is -0.0284. The molecule has 0 aliphatic carbocycles. The largest absolute Gasteiger partial charge is 0.465 e. The van der Waals surface area contributed by atoms with Gasteiger partial charge in [-0.05, 0) is 13.8 Å². The van der Waals surface area contributed by atoms with Crippen LogP contribution in [0.1, 0.15) is 13.8 Å². The van der Waals surface area contributed by atoms with Crippen molar-refractivity contribution >= 4 is 12.0 Å². The van der Waals surface area contributed by atoms with Crippen molar-refractivity contribution in [3.05, 3.63) is 0 Å². The van der Waals surface area contributed by atoms with Crippen LogP contribution >= 0.6 is 0 Å². The van der Waals surface area contributed by atoms with Gasteiger partial charge in [-0.25, -0.2) is 4.79 Å². The number of esters is 1. The molecule has 0 spiro atoms. The lowest BCUT2D eigenvalue weighted by molar-refractivity contribution is -0.149. The van der Waals surface area contributed by atoms with Crippen molar-refractivity contribution < 1.29 is 14.3 Å². The first-order chi connectivity index (χ1) is 8.13. The highest BCUT2D eigenvalue weighted by atomic mass is 16.5. The smallest absolute Gasteiger partial charge is 0.323 e. The van der Waals surface area contributed by atoms with Crippen molar-refractivity contribution in [3.8, 4) is 0 Å². The summed E-state index contributed by atoms with van der Waals surface area (Å²) in [6.07, 6.45) is 0. The van der Waals surface area contributed by atoms with E-state index in [2.05, 4.69) is 10.2 Å². The fourth-order valence-corrected chi connectivity index (χ4v) is 2.39. The molecular formula is C11H19N3O3. The number of hydrogen-bond donors (Lipinski definition) is 1. The summed E-state index contributed by atoms with van der Waals surface area (Å²) in [6.45, 7) is 6.89. The third kappa shape index (κ3) is 2.36. The highest BCUT2D eigenvalue weighted by Crippen LogP contribution is 2.16. The molecule has 6 heteroatoms. The number of urea groups is 1. The summed E-state index contributed by atoms with van der Waals surface area (Å²) in [5.74, 6) is -0.182. The lowest BCUT2D eigenvalue weighted by Gasteiger charge is -2.38. The number of amides is 2. The summed E-state index contributed by atoms with van der Waals surface area (Å²) in [4.78, 5) is 27.0. The zero-order valence-corrected chi connectivity index (χ0v) is 10.3. The number of rotatable bonds is 3. The van der Waals surface area contributed by atoms with Crippen molar-refractivity contribution in [1.82, 2.24) is 15.1 Å². The van der Waals surface area contributed by atoms with E-state index >= 15 is 0 Å². The normalized spacial score (nSPS) is 26.4. The average Bonchev–Trinajstić information content (AvgIpc) is 2.70. The van der Waals surface area contributed by atoms with E-state index in [9.17, 15) is 9.59 Å². The Morgan fingerprint density at radius 3 is 3.06 bits per heavy atom. The molecule has 0 saturated carbocycles. The molecule has 0 radical (unpaired) electrons. The highest BCUT2D eigenvalue weighted by Gasteiger charge is 2.38. The first-order valence-electron chi connectivity index (χ1n) is 6.08. The average molecular weight is 241 g/mol. The van der Waals surface area contributed by atoms with Gasteiger partial charge >= 0.3 is 12.0 Å². The Balaban J connectivity index is 1.92. The Bertz CT molecular complexity index is 321. The fraction of sp³-hybridized carbons (Fsp3) is 0.818. The first kappa shape index (κ1) is 12.2. The molecule has 2 unspecified atom stereocenters. The van der Waals surface area contributed by atoms with Crippen LogP contribution in [0.3, 0.4) is 0 Å². The van der Waals surface area contributed by atoms with E-state index in [-0.39, 0.29) is 24.1 Å². The molecule has 2 rings (SSSR count). The highest BCUT2D eigenvalue weighted by molar-refractivity contribution is 5.77. The van der Waals surface area contributed by atoms with Crippen molar-refractivity contribution in [2.45, 2.75) is 25.9 Å². The molecule has 2 aliphatic heterocycles. The number of carbonyl (C=O) groups excluding carboxylic acids is 2. The van der Waals surface area contributed by atoms with Gasteiger partial charge in [-0.15, -0.1) is 0 Å². The molecule has 2 amide bonds. The van der Waals surface area contributed by atoms with Gasteiger partial charge in [0.1, 0.15) is 6.04 Å². The minimum Gasteiger partial charge on any atom is -0.465 e. The van der Waals surface area contributed by atoms with Crippen molar-refractivity contribution in [1.29, 1.82) is 0 Å². The minimum absolute atomic E-state index is 0.0124. The number of fused-ring (bicyclic) bond motifs is 1. The maximum atomic E-state index is 11.6. The van der Waals surface area contributed by atoms with Crippen LogP contribution in [0.5, 0.6) is 0 Å². The topological polar surface area (TPSA) is 61.9 Å². The van der Waals surface area contributed by atoms with Crippen molar-refractivity contribution in [2.75, 3.05) is 32.8 Å². The van der Waals surface area contributed by atoms with Crippen LogP contribution < -0.4 is 5.32 Å². The molecule has 96 valence electrons. The molecule has 0 aromatic carbocycles. The number of piperazine rings is 1. The van der Waals surface area contributed by atoms with Gasteiger partial charge in [0.15, 0.2) is 0 Å². The lowest BCUT2D eigenvalue weighted by Crippen LogP contribution is -2.56. The van der Waals surface area contributed by atoms with Gasteiger partial charge in [0, 0.05) is 26.2 Å². The van der Waals surface area contributed by atoms with Crippen molar-refractivity contribution in [3.63, 3.8) is 0 Å². The predicted molar refractivity (Wildman–Crippen MR) is 61.6 cm³/mol. The van der Waals surface area contributed by atoms with Crippen LogP contribution in [0.2, 0.25) is 0 Å². The van der Waals surface area contributed by atoms with Gasteiger partial charge in [-0.1, -0.05) is 0 Å². The van der Waals surface area contributed by atoms with Gasteiger partial charge in [0.25, 0.3) is 0 Å². The Labute approximate surface area is 101 Å². The van der Waals surface area contributed by atoms with Crippen LogP contribution in [0, 0.1) is 0 Å². The van der Waals surface area contributed by atoms with Crippen LogP contribution in [0.25, 0.3) is 0 Å². The first-order valence-corrected chi connectivity index (χ1v) is 6.08. The van der Waals surface area contributed by atoms with Gasteiger partial charge in [0.2, 0.25) is 0 Å². The minimum atomic E-state index is -0.229. The van der Waals surface area contributed by atoms with Gasteiger partial charge in [0.05, 0.1) is 12.6 Å². The van der Waals surface area contributed by atoms with E-state index < -0.39 is 0 Å². The zero-order valence-electron chi connectivity index (χ0n) is 10.3. The number of nitrogens with zero attached hydrogens (tertiary/aromatic N) is 2. The number of nitrogens with one attached hydrogen (secondary N) is 1. The number of hydrogen-bond acceptors (Lipinski definition) is 4. The molecule has 2 heterocycles. The van der Waals surface area contributed by atoms with Gasteiger partial charge < -0.3 is 15.0 Å². The van der Waals surface area contributed by atoms with Gasteiger partial charge in [-0.3, -0.25) is 9.69 Å². The van der Waals surface area contributed by atoms with E-state index in [4.69, 9.17) is 4.74 Å². The standard InChI is InChI=1S/C11H19N3O3/c1-3-17-10(15)8(2)13-4-5-14-9(7-13)6-12-11(14)16/h8-9H,3-7H2,1-2H3,(H,12,16). The maximum Gasteiger partial charge on any atom is 0.323 e. The molecule has 2 atom stereocenters. The second-order valence-electron chi connectivity index (χ2n) is 4.46. The number of carbonyl (C=O) groups is 2. The molecule has 1 N–H and O–H groups in total. The summed E-state index contributed by atoms with van der Waals surface area (Å²) in [7, 11) is 0. The second kappa shape index (κ2) is 4.91.